The molecule has 37 heavy (non-hydrogen) atoms. The third kappa shape index (κ3) is 3.22. The number of likely N-dealkylation sites (tertiary alicyclic amines) is 1. The second-order valence-electron chi connectivity index (χ2n) is 9.02. The number of rotatable bonds is 5. The fourth-order valence-electron chi connectivity index (χ4n) is 4.63. The number of β-lactam (4-membered cyclic amide) rings is 4. The van der Waals surface area contributed by atoms with E-state index in [0.29, 0.717) is 23.0 Å². The van der Waals surface area contributed by atoms with Crippen molar-refractivity contribution in [2.24, 2.45) is 5.41 Å². The number of fused-ring (bicyclic) bond motifs is 1. The Kier molecular flexibility index (Phi) is 4.88. The Morgan fingerprint density at radius 3 is 1.92 bits per heavy atom. The summed E-state index contributed by atoms with van der Waals surface area (Å²) in [5, 5.41) is 1.86. The van der Waals surface area contributed by atoms with Crippen molar-refractivity contribution in [3.05, 3.63) is 90.5 Å². The minimum Gasteiger partial charge on any atom is -0.457 e. The average Bonchev–Trinajstić information content (AvgIpc) is 2.91. The van der Waals surface area contributed by atoms with Crippen LogP contribution in [0, 0.1) is 12.3 Å². The lowest BCUT2D eigenvalue weighted by molar-refractivity contribution is -0.184. The van der Waals surface area contributed by atoms with Crippen molar-refractivity contribution in [3.63, 3.8) is 0 Å². The van der Waals surface area contributed by atoms with Crippen LogP contribution in [0.2, 0.25) is 0 Å². The number of nitrogens with zero attached hydrogens (tertiary/aromatic N) is 2. The van der Waals surface area contributed by atoms with Crippen LogP contribution in [0.25, 0.3) is 10.8 Å². The van der Waals surface area contributed by atoms with Gasteiger partial charge in [0.1, 0.15) is 23.0 Å². The molecule has 2 aliphatic rings. The highest BCUT2D eigenvalue weighted by Gasteiger charge is 2.79. The molecule has 0 atom stereocenters. The molecule has 2 heterocycles. The molecule has 8 heteroatoms. The van der Waals surface area contributed by atoms with Crippen LogP contribution in [0.1, 0.15) is 5.56 Å². The first kappa shape index (κ1) is 22.5. The molecule has 182 valence electrons. The molecular formula is C29H20N2O6. The molecule has 2 aliphatic heterocycles. The molecule has 4 aromatic rings. The summed E-state index contributed by atoms with van der Waals surface area (Å²) in [6.45, 7) is 2.01. The summed E-state index contributed by atoms with van der Waals surface area (Å²) in [5.74, 6) is -0.891. The lowest BCUT2D eigenvalue weighted by Gasteiger charge is -2.51. The Morgan fingerprint density at radius 1 is 0.649 bits per heavy atom. The van der Waals surface area contributed by atoms with Crippen molar-refractivity contribution >= 4 is 40.1 Å². The molecule has 0 aromatic heterocycles. The first-order chi connectivity index (χ1) is 17.8. The molecule has 0 N–H and O–H groups in total. The van der Waals surface area contributed by atoms with E-state index in [1.807, 2.05) is 61.5 Å². The van der Waals surface area contributed by atoms with Gasteiger partial charge < -0.3 is 9.47 Å². The van der Waals surface area contributed by atoms with Gasteiger partial charge in [0.2, 0.25) is 0 Å². The van der Waals surface area contributed by atoms with E-state index >= 15 is 0 Å². The molecule has 0 aliphatic carbocycles. The van der Waals surface area contributed by atoms with Gasteiger partial charge in [-0.25, -0.2) is 4.90 Å². The second kappa shape index (κ2) is 8.03. The Bertz CT molecular complexity index is 1590. The predicted molar refractivity (Wildman–Crippen MR) is 134 cm³/mol. The Hall–Kier alpha value is -4.98. The molecule has 0 radical (unpaired) electrons. The quantitative estimate of drug-likeness (QED) is 0.299. The Morgan fingerprint density at radius 2 is 1.24 bits per heavy atom. The predicted octanol–water partition coefficient (Wildman–Crippen LogP) is 4.59. The minimum absolute atomic E-state index is 0.255. The highest BCUT2D eigenvalue weighted by molar-refractivity contribution is 6.59. The summed E-state index contributed by atoms with van der Waals surface area (Å²) in [6, 6.07) is 25.5. The zero-order valence-corrected chi connectivity index (χ0v) is 19.9. The van der Waals surface area contributed by atoms with E-state index in [2.05, 4.69) is 0 Å². The van der Waals surface area contributed by atoms with Gasteiger partial charge in [-0.15, -0.1) is 0 Å². The van der Waals surface area contributed by atoms with Crippen molar-refractivity contribution < 1.29 is 28.7 Å². The molecule has 0 saturated carbocycles. The highest BCUT2D eigenvalue weighted by Crippen LogP contribution is 2.46. The van der Waals surface area contributed by atoms with E-state index in [4.69, 9.17) is 9.47 Å². The summed E-state index contributed by atoms with van der Waals surface area (Å²) in [7, 11) is 1.25. The Labute approximate surface area is 211 Å². The van der Waals surface area contributed by atoms with E-state index in [1.54, 1.807) is 18.2 Å². The number of aryl methyl sites for hydroxylation is 1. The molecule has 0 unspecified atom stereocenters. The van der Waals surface area contributed by atoms with Crippen LogP contribution in [-0.4, -0.2) is 35.6 Å². The first-order valence-corrected chi connectivity index (χ1v) is 11.6. The van der Waals surface area contributed by atoms with Crippen molar-refractivity contribution in [2.75, 3.05) is 11.9 Å². The third-order valence-electron chi connectivity index (χ3n) is 6.68. The summed E-state index contributed by atoms with van der Waals surface area (Å²) < 4.78 is 12.2. The van der Waals surface area contributed by atoms with Gasteiger partial charge in [0, 0.05) is 18.5 Å². The van der Waals surface area contributed by atoms with Crippen molar-refractivity contribution in [3.8, 4) is 23.0 Å². The summed E-state index contributed by atoms with van der Waals surface area (Å²) in [5.41, 5.74) is -0.805. The van der Waals surface area contributed by atoms with Gasteiger partial charge in [-0.05, 0) is 54.8 Å². The maximum Gasteiger partial charge on any atom is 0.285 e. The number of imide groups is 2. The van der Waals surface area contributed by atoms with Gasteiger partial charge in [-0.3, -0.25) is 24.1 Å². The Balaban J connectivity index is 1.24. The standard InChI is InChI=1S/C29H20N2O6/c1-17-7-11-21(12-8-17)37-24-16-22(15-18-5-3-4-6-23(18)24)36-20-13-9-19(10-14-20)31-27(34)29(28(31)35)25(32)30(2)26(29)33/h3-16H,1-2H3. The highest BCUT2D eigenvalue weighted by atomic mass is 16.5. The zero-order valence-electron chi connectivity index (χ0n) is 19.9. The van der Waals surface area contributed by atoms with E-state index in [-0.39, 0.29) is 5.69 Å². The van der Waals surface area contributed by atoms with Crippen LogP contribution in [0.4, 0.5) is 5.69 Å². The second-order valence-corrected chi connectivity index (χ2v) is 9.02. The number of hydrogen-bond donors (Lipinski definition) is 0. The zero-order chi connectivity index (χ0) is 25.9. The first-order valence-electron chi connectivity index (χ1n) is 11.6. The van der Waals surface area contributed by atoms with Crippen molar-refractivity contribution in [1.82, 2.24) is 4.90 Å². The number of carbonyl (C=O) groups excluding carboxylic acids is 4. The molecule has 2 fully saturated rings. The molecule has 2 saturated heterocycles. The topological polar surface area (TPSA) is 93.2 Å². The van der Waals surface area contributed by atoms with Crippen LogP contribution in [0.5, 0.6) is 23.0 Å². The lowest BCUT2D eigenvalue weighted by Crippen LogP contribution is -2.83. The van der Waals surface area contributed by atoms with E-state index in [0.717, 1.165) is 26.1 Å². The number of anilines is 1. The molecule has 8 nitrogen and oxygen atoms in total. The van der Waals surface area contributed by atoms with Gasteiger partial charge in [0.05, 0.1) is 5.69 Å². The number of ether oxygens (including phenoxy) is 2. The van der Waals surface area contributed by atoms with Crippen molar-refractivity contribution in [2.45, 2.75) is 6.92 Å². The van der Waals surface area contributed by atoms with Crippen LogP contribution < -0.4 is 14.4 Å². The van der Waals surface area contributed by atoms with E-state index < -0.39 is 29.0 Å². The van der Waals surface area contributed by atoms with Crippen molar-refractivity contribution in [1.29, 1.82) is 0 Å². The van der Waals surface area contributed by atoms with Crippen LogP contribution in [0.3, 0.4) is 0 Å². The lowest BCUT2D eigenvalue weighted by atomic mass is 9.69. The fraction of sp³-hybridized carbons (Fsp3) is 0.103. The normalized spacial score (nSPS) is 16.2. The maximum absolute atomic E-state index is 12.6. The van der Waals surface area contributed by atoms with Gasteiger partial charge in [-0.2, -0.15) is 0 Å². The van der Waals surface area contributed by atoms with E-state index in [1.165, 1.54) is 19.2 Å². The van der Waals surface area contributed by atoms with Gasteiger partial charge in [0.15, 0.2) is 0 Å². The maximum atomic E-state index is 12.6. The number of carbonyl (C=O) groups is 4. The molecular weight excluding hydrogens is 472 g/mol. The smallest absolute Gasteiger partial charge is 0.285 e. The molecule has 4 aromatic carbocycles. The van der Waals surface area contributed by atoms with Crippen LogP contribution in [-0.2, 0) is 19.2 Å². The number of benzene rings is 4. The van der Waals surface area contributed by atoms with Gasteiger partial charge in [0.25, 0.3) is 29.0 Å². The molecule has 1 spiro atoms. The van der Waals surface area contributed by atoms with Gasteiger partial charge in [-0.1, -0.05) is 42.0 Å². The average molecular weight is 492 g/mol. The third-order valence-corrected chi connectivity index (χ3v) is 6.68. The summed E-state index contributed by atoms with van der Waals surface area (Å²) >= 11 is 0. The minimum atomic E-state index is -2.19. The monoisotopic (exact) mass is 492 g/mol. The van der Waals surface area contributed by atoms with Gasteiger partial charge >= 0.3 is 0 Å². The largest absolute Gasteiger partial charge is 0.457 e. The number of hydrogen-bond acceptors (Lipinski definition) is 6. The van der Waals surface area contributed by atoms with Crippen LogP contribution in [0.15, 0.2) is 84.9 Å². The van der Waals surface area contributed by atoms with E-state index in [9.17, 15) is 19.2 Å². The fourth-order valence-corrected chi connectivity index (χ4v) is 4.63. The summed E-state index contributed by atoms with van der Waals surface area (Å²) in [6.07, 6.45) is 0. The molecule has 4 amide bonds. The summed E-state index contributed by atoms with van der Waals surface area (Å²) in [4.78, 5) is 51.1. The number of amides is 4. The molecule has 0 bridgehead atoms. The molecule has 6 rings (SSSR count). The SMILES string of the molecule is Cc1ccc(Oc2cc(Oc3ccc(N4C(=O)C5(C(=O)N(C)C5=O)C4=O)cc3)cc3ccccc23)cc1. The van der Waals surface area contributed by atoms with Crippen LogP contribution >= 0.6 is 0 Å².